The summed E-state index contributed by atoms with van der Waals surface area (Å²) in [5.74, 6) is 0.780. The van der Waals surface area contributed by atoms with Crippen LogP contribution in [0.3, 0.4) is 0 Å². The van der Waals surface area contributed by atoms with Crippen LogP contribution in [-0.2, 0) is 6.54 Å². The first-order valence-electron chi connectivity index (χ1n) is 6.18. The summed E-state index contributed by atoms with van der Waals surface area (Å²) >= 11 is 0. The molecule has 1 aliphatic rings. The van der Waals surface area contributed by atoms with Crippen LogP contribution in [0.4, 0.5) is 5.82 Å². The molecule has 0 amide bonds. The average molecular weight is 253 g/mol. The summed E-state index contributed by atoms with van der Waals surface area (Å²) in [5.41, 5.74) is 0. The predicted octanol–water partition coefficient (Wildman–Crippen LogP) is 0.393. The van der Waals surface area contributed by atoms with Gasteiger partial charge < -0.3 is 15.4 Å². The molecule has 1 fully saturated rings. The number of nitrogens with zero attached hydrogens (tertiary/aromatic N) is 4. The summed E-state index contributed by atoms with van der Waals surface area (Å²) in [5, 5.41) is 14.1. The van der Waals surface area contributed by atoms with Crippen LogP contribution in [0.25, 0.3) is 0 Å². The zero-order valence-corrected chi connectivity index (χ0v) is 10.8. The molecule has 7 heteroatoms. The summed E-state index contributed by atoms with van der Waals surface area (Å²) in [4.78, 5) is 16.8. The van der Waals surface area contributed by atoms with Gasteiger partial charge in [0.25, 0.3) is 0 Å². The highest BCUT2D eigenvalue weighted by Gasteiger charge is 2.23. The van der Waals surface area contributed by atoms with E-state index in [9.17, 15) is 10.1 Å². The largest absolute Gasteiger partial charge is 0.358 e. The molecular formula is C11H19N5O2. The summed E-state index contributed by atoms with van der Waals surface area (Å²) in [6, 6.07) is 0.545. The lowest BCUT2D eigenvalue weighted by Crippen LogP contribution is -2.31. The summed E-state index contributed by atoms with van der Waals surface area (Å²) in [7, 11) is 1.97. The van der Waals surface area contributed by atoms with E-state index >= 15 is 0 Å². The molecule has 2 rings (SSSR count). The Hall–Kier alpha value is -1.47. The summed E-state index contributed by atoms with van der Waals surface area (Å²) in [6.45, 7) is 5.31. The number of imidazole rings is 1. The Morgan fingerprint density at radius 2 is 2.39 bits per heavy atom. The van der Waals surface area contributed by atoms with Gasteiger partial charge in [-0.25, -0.2) is 9.55 Å². The van der Waals surface area contributed by atoms with Crippen LogP contribution in [0.15, 0.2) is 6.20 Å². The molecule has 0 spiro atoms. The Labute approximate surface area is 106 Å². The smallest absolute Gasteiger partial charge is 0.342 e. The zero-order chi connectivity index (χ0) is 13.1. The van der Waals surface area contributed by atoms with Crippen molar-refractivity contribution in [2.75, 3.05) is 26.7 Å². The maximum atomic E-state index is 10.9. The Morgan fingerprint density at radius 3 is 3.00 bits per heavy atom. The summed E-state index contributed by atoms with van der Waals surface area (Å²) < 4.78 is 1.67. The standard InChI is InChI=1S/C11H19N5O2/c1-9-13-7-11(16(17)18)15(9)6-5-14-4-3-10(8-14)12-2/h7,10,12H,3-6,8H2,1-2H3. The number of nitrogens with one attached hydrogen (secondary N) is 1. The lowest BCUT2D eigenvalue weighted by atomic mass is 10.3. The van der Waals surface area contributed by atoms with E-state index in [1.54, 1.807) is 11.5 Å². The molecular weight excluding hydrogens is 234 g/mol. The second-order valence-electron chi connectivity index (χ2n) is 4.65. The first-order valence-corrected chi connectivity index (χ1v) is 6.18. The molecule has 1 N–H and O–H groups in total. The fourth-order valence-corrected chi connectivity index (χ4v) is 2.39. The second-order valence-corrected chi connectivity index (χ2v) is 4.65. The number of aryl methyl sites for hydroxylation is 1. The predicted molar refractivity (Wildman–Crippen MR) is 67.5 cm³/mol. The highest BCUT2D eigenvalue weighted by atomic mass is 16.6. The Bertz CT molecular complexity index is 431. The monoisotopic (exact) mass is 253 g/mol. The highest BCUT2D eigenvalue weighted by Crippen LogP contribution is 2.15. The number of nitro groups is 1. The number of likely N-dealkylation sites (N-methyl/N-ethyl adjacent to an activating group) is 1. The van der Waals surface area contributed by atoms with Gasteiger partial charge in [-0.15, -0.1) is 0 Å². The lowest BCUT2D eigenvalue weighted by Gasteiger charge is -2.15. The van der Waals surface area contributed by atoms with Gasteiger partial charge >= 0.3 is 5.82 Å². The van der Waals surface area contributed by atoms with Gasteiger partial charge in [-0.1, -0.05) is 0 Å². The van der Waals surface area contributed by atoms with Gasteiger partial charge in [0, 0.05) is 26.1 Å². The van der Waals surface area contributed by atoms with E-state index in [4.69, 9.17) is 0 Å². The van der Waals surface area contributed by atoms with Crippen molar-refractivity contribution in [3.05, 3.63) is 22.1 Å². The van der Waals surface area contributed by atoms with Crippen molar-refractivity contribution < 1.29 is 4.92 Å². The molecule has 0 aliphatic carbocycles. The first-order chi connectivity index (χ1) is 8.61. The normalized spacial score (nSPS) is 20.4. The number of rotatable bonds is 5. The van der Waals surface area contributed by atoms with Crippen molar-refractivity contribution in [1.82, 2.24) is 19.8 Å². The van der Waals surface area contributed by atoms with E-state index < -0.39 is 0 Å². The number of aromatic nitrogens is 2. The van der Waals surface area contributed by atoms with Gasteiger partial charge in [-0.05, 0) is 24.9 Å². The van der Waals surface area contributed by atoms with Crippen molar-refractivity contribution in [3.8, 4) is 0 Å². The van der Waals surface area contributed by atoms with Crippen LogP contribution in [0.1, 0.15) is 12.2 Å². The van der Waals surface area contributed by atoms with Crippen LogP contribution in [0.2, 0.25) is 0 Å². The quantitative estimate of drug-likeness (QED) is 0.607. The minimum Gasteiger partial charge on any atom is -0.358 e. The van der Waals surface area contributed by atoms with Crippen molar-refractivity contribution >= 4 is 5.82 Å². The van der Waals surface area contributed by atoms with E-state index in [-0.39, 0.29) is 10.7 Å². The maximum absolute atomic E-state index is 10.9. The van der Waals surface area contributed by atoms with Gasteiger partial charge in [0.15, 0.2) is 5.82 Å². The molecule has 18 heavy (non-hydrogen) atoms. The topological polar surface area (TPSA) is 76.2 Å². The van der Waals surface area contributed by atoms with Crippen molar-refractivity contribution in [3.63, 3.8) is 0 Å². The molecule has 0 saturated carbocycles. The van der Waals surface area contributed by atoms with Gasteiger partial charge in [0.1, 0.15) is 12.7 Å². The van der Waals surface area contributed by atoms with Gasteiger partial charge in [-0.2, -0.15) is 0 Å². The zero-order valence-electron chi connectivity index (χ0n) is 10.8. The van der Waals surface area contributed by atoms with Crippen LogP contribution < -0.4 is 5.32 Å². The van der Waals surface area contributed by atoms with Crippen LogP contribution >= 0.6 is 0 Å². The lowest BCUT2D eigenvalue weighted by molar-refractivity contribution is -0.392. The molecule has 1 unspecified atom stereocenters. The Kier molecular flexibility index (Phi) is 3.93. The van der Waals surface area contributed by atoms with E-state index in [0.29, 0.717) is 18.4 Å². The molecule has 1 saturated heterocycles. The minimum absolute atomic E-state index is 0.0804. The maximum Gasteiger partial charge on any atom is 0.342 e. The third-order valence-corrected chi connectivity index (χ3v) is 3.54. The molecule has 100 valence electrons. The molecule has 0 bridgehead atoms. The van der Waals surface area contributed by atoms with E-state index in [2.05, 4.69) is 15.2 Å². The SMILES string of the molecule is CNC1CCN(CCn2c([N+](=O)[O-])cnc2C)C1. The Balaban J connectivity index is 1.94. The van der Waals surface area contributed by atoms with Gasteiger partial charge in [0.05, 0.1) is 0 Å². The van der Waals surface area contributed by atoms with E-state index in [1.165, 1.54) is 6.20 Å². The van der Waals surface area contributed by atoms with Crippen LogP contribution in [-0.4, -0.2) is 52.1 Å². The fraction of sp³-hybridized carbons (Fsp3) is 0.727. The number of hydrogen-bond donors (Lipinski definition) is 1. The molecule has 1 aromatic heterocycles. The number of likely N-dealkylation sites (tertiary alicyclic amines) is 1. The molecule has 1 aliphatic heterocycles. The van der Waals surface area contributed by atoms with Crippen molar-refractivity contribution in [1.29, 1.82) is 0 Å². The van der Waals surface area contributed by atoms with Crippen LogP contribution in [0.5, 0.6) is 0 Å². The molecule has 0 aromatic carbocycles. The summed E-state index contributed by atoms with van der Waals surface area (Å²) in [6.07, 6.45) is 2.47. The molecule has 1 atom stereocenters. The molecule has 2 heterocycles. The van der Waals surface area contributed by atoms with Gasteiger partial charge in [-0.3, -0.25) is 4.90 Å². The minimum atomic E-state index is -0.375. The van der Waals surface area contributed by atoms with Crippen molar-refractivity contribution in [2.45, 2.75) is 25.9 Å². The highest BCUT2D eigenvalue weighted by molar-refractivity contribution is 5.18. The third-order valence-electron chi connectivity index (χ3n) is 3.54. The molecule has 7 nitrogen and oxygen atoms in total. The van der Waals surface area contributed by atoms with Crippen molar-refractivity contribution in [2.24, 2.45) is 0 Å². The van der Waals surface area contributed by atoms with Gasteiger partial charge in [0.2, 0.25) is 0 Å². The first kappa shape index (κ1) is 13.0. The molecule has 0 radical (unpaired) electrons. The fourth-order valence-electron chi connectivity index (χ4n) is 2.39. The van der Waals surface area contributed by atoms with E-state index in [1.807, 2.05) is 7.05 Å². The second kappa shape index (κ2) is 5.45. The molecule has 1 aromatic rings. The van der Waals surface area contributed by atoms with Crippen LogP contribution in [0, 0.1) is 17.0 Å². The number of hydrogen-bond acceptors (Lipinski definition) is 5. The van der Waals surface area contributed by atoms with E-state index in [0.717, 1.165) is 26.1 Å². The Morgan fingerprint density at radius 1 is 1.61 bits per heavy atom. The average Bonchev–Trinajstić information content (AvgIpc) is 2.93. The third kappa shape index (κ3) is 2.68.